The van der Waals surface area contributed by atoms with Crippen molar-refractivity contribution in [1.29, 1.82) is 0 Å². The lowest BCUT2D eigenvalue weighted by atomic mass is 9.93. The predicted octanol–water partition coefficient (Wildman–Crippen LogP) is 2.38. The molecule has 1 heterocycles. The van der Waals surface area contributed by atoms with Crippen molar-refractivity contribution in [1.82, 2.24) is 10.3 Å². The second-order valence-corrected chi connectivity index (χ2v) is 3.88. The summed E-state index contributed by atoms with van der Waals surface area (Å²) in [5.41, 5.74) is 1.14. The van der Waals surface area contributed by atoms with Crippen molar-refractivity contribution >= 4 is 11.6 Å². The summed E-state index contributed by atoms with van der Waals surface area (Å²) in [5, 5.41) is 4.22. The largest absolute Gasteiger partial charge is 0.310 e. The highest BCUT2D eigenvalue weighted by atomic mass is 35.5. The molecule has 0 spiro atoms. The third-order valence-electron chi connectivity index (χ3n) is 2.54. The fourth-order valence-electron chi connectivity index (χ4n) is 1.41. The summed E-state index contributed by atoms with van der Waals surface area (Å²) in [6, 6.07) is 2.68. The Morgan fingerprint density at radius 2 is 2.38 bits per heavy atom. The van der Waals surface area contributed by atoms with E-state index in [0.29, 0.717) is 6.04 Å². The molecule has 1 aliphatic rings. The Hall–Kier alpha value is -0.600. The topological polar surface area (TPSA) is 24.9 Å². The van der Waals surface area contributed by atoms with Gasteiger partial charge in [-0.15, -0.1) is 0 Å². The molecule has 2 rings (SSSR count). The Kier molecular flexibility index (Phi) is 2.81. The third kappa shape index (κ3) is 2.20. The van der Waals surface area contributed by atoms with Crippen molar-refractivity contribution in [3.05, 3.63) is 29.0 Å². The minimum absolute atomic E-state index is 0.712. The van der Waals surface area contributed by atoms with E-state index in [2.05, 4.69) is 10.3 Å². The van der Waals surface area contributed by atoms with Crippen LogP contribution in [0, 0.1) is 0 Å². The van der Waals surface area contributed by atoms with Crippen molar-refractivity contribution in [2.45, 2.75) is 31.8 Å². The maximum atomic E-state index is 5.97. The van der Waals surface area contributed by atoms with Gasteiger partial charge in [0.15, 0.2) is 0 Å². The number of hydrogen-bond donors (Lipinski definition) is 1. The maximum Gasteiger partial charge on any atom is 0.0634 e. The van der Waals surface area contributed by atoms with Gasteiger partial charge in [-0.25, -0.2) is 0 Å². The Morgan fingerprint density at radius 3 is 3.00 bits per heavy atom. The minimum atomic E-state index is 0.712. The van der Waals surface area contributed by atoms with E-state index in [1.165, 1.54) is 19.3 Å². The van der Waals surface area contributed by atoms with Crippen LogP contribution in [0.15, 0.2) is 18.5 Å². The van der Waals surface area contributed by atoms with Crippen LogP contribution in [0.4, 0.5) is 0 Å². The number of aromatic nitrogens is 1. The van der Waals surface area contributed by atoms with Crippen LogP contribution >= 0.6 is 11.6 Å². The summed E-state index contributed by atoms with van der Waals surface area (Å²) in [6.45, 7) is 0.867. The molecule has 1 aromatic rings. The lowest BCUT2D eigenvalue weighted by Crippen LogP contribution is -2.34. The van der Waals surface area contributed by atoms with E-state index in [1.807, 2.05) is 6.07 Å². The maximum absolute atomic E-state index is 5.97. The van der Waals surface area contributed by atoms with Gasteiger partial charge in [0, 0.05) is 25.0 Å². The average Bonchev–Trinajstić information content (AvgIpc) is 2.05. The summed E-state index contributed by atoms with van der Waals surface area (Å²) in [6.07, 6.45) is 7.45. The fourth-order valence-corrected chi connectivity index (χ4v) is 1.60. The number of nitrogens with one attached hydrogen (secondary N) is 1. The van der Waals surface area contributed by atoms with E-state index < -0.39 is 0 Å². The number of hydrogen-bond acceptors (Lipinski definition) is 2. The van der Waals surface area contributed by atoms with E-state index in [-0.39, 0.29) is 0 Å². The van der Waals surface area contributed by atoms with Gasteiger partial charge in [-0.2, -0.15) is 0 Å². The summed E-state index contributed by atoms with van der Waals surface area (Å²) in [5.74, 6) is 0. The van der Waals surface area contributed by atoms with Crippen LogP contribution in [0.2, 0.25) is 5.02 Å². The highest BCUT2D eigenvalue weighted by Crippen LogP contribution is 2.19. The number of pyridine rings is 1. The van der Waals surface area contributed by atoms with Gasteiger partial charge in [-0.05, 0) is 24.5 Å². The molecule has 70 valence electrons. The van der Waals surface area contributed by atoms with Gasteiger partial charge in [0.1, 0.15) is 0 Å². The predicted molar refractivity (Wildman–Crippen MR) is 53.7 cm³/mol. The van der Waals surface area contributed by atoms with Crippen LogP contribution < -0.4 is 5.32 Å². The first-order valence-electron chi connectivity index (χ1n) is 4.68. The summed E-state index contributed by atoms with van der Waals surface area (Å²) in [7, 11) is 0. The molecular weight excluding hydrogens is 184 g/mol. The van der Waals surface area contributed by atoms with Gasteiger partial charge in [0.25, 0.3) is 0 Å². The van der Waals surface area contributed by atoms with Crippen LogP contribution in [-0.2, 0) is 6.54 Å². The van der Waals surface area contributed by atoms with Crippen LogP contribution in [0.1, 0.15) is 24.8 Å². The minimum Gasteiger partial charge on any atom is -0.310 e. The molecule has 0 aliphatic heterocycles. The molecule has 1 fully saturated rings. The summed E-state index contributed by atoms with van der Waals surface area (Å²) < 4.78 is 0. The Balaban J connectivity index is 1.89. The Bertz CT molecular complexity index is 284. The molecule has 1 aromatic heterocycles. The lowest BCUT2D eigenvalue weighted by Gasteiger charge is -2.26. The van der Waals surface area contributed by atoms with Crippen LogP contribution in [0.5, 0.6) is 0 Å². The Labute approximate surface area is 83.3 Å². The van der Waals surface area contributed by atoms with Crippen LogP contribution in [0.25, 0.3) is 0 Å². The second-order valence-electron chi connectivity index (χ2n) is 3.48. The lowest BCUT2D eigenvalue weighted by molar-refractivity contribution is 0.338. The smallest absolute Gasteiger partial charge is 0.0634 e. The Morgan fingerprint density at radius 1 is 1.54 bits per heavy atom. The molecule has 0 amide bonds. The molecule has 1 aliphatic carbocycles. The normalized spacial score (nSPS) is 17.0. The molecule has 2 nitrogen and oxygen atoms in total. The first-order chi connectivity index (χ1) is 6.36. The molecule has 0 saturated heterocycles. The zero-order valence-corrected chi connectivity index (χ0v) is 8.22. The number of nitrogens with zero attached hydrogens (tertiary/aromatic N) is 1. The molecule has 1 N–H and O–H groups in total. The van der Waals surface area contributed by atoms with Gasteiger partial charge in [-0.3, -0.25) is 4.98 Å². The monoisotopic (exact) mass is 196 g/mol. The molecule has 0 atom stereocenters. The van der Waals surface area contributed by atoms with Crippen molar-refractivity contribution in [3.8, 4) is 0 Å². The van der Waals surface area contributed by atoms with Crippen LogP contribution in [-0.4, -0.2) is 11.0 Å². The van der Waals surface area contributed by atoms with Crippen molar-refractivity contribution in [2.75, 3.05) is 0 Å². The van der Waals surface area contributed by atoms with Gasteiger partial charge in [-0.1, -0.05) is 18.0 Å². The van der Waals surface area contributed by atoms with Crippen LogP contribution in [0.3, 0.4) is 0 Å². The molecule has 0 aromatic carbocycles. The van der Waals surface area contributed by atoms with E-state index in [0.717, 1.165) is 17.1 Å². The molecular formula is C10H13ClN2. The van der Waals surface area contributed by atoms with E-state index in [9.17, 15) is 0 Å². The quantitative estimate of drug-likeness (QED) is 0.803. The highest BCUT2D eigenvalue weighted by molar-refractivity contribution is 6.31. The molecule has 13 heavy (non-hydrogen) atoms. The first-order valence-corrected chi connectivity index (χ1v) is 5.06. The average molecular weight is 197 g/mol. The molecule has 1 saturated carbocycles. The second kappa shape index (κ2) is 4.07. The number of halogens is 1. The first kappa shape index (κ1) is 8.97. The molecule has 0 radical (unpaired) electrons. The van der Waals surface area contributed by atoms with Gasteiger partial charge in [0.05, 0.1) is 5.02 Å². The summed E-state index contributed by atoms with van der Waals surface area (Å²) >= 11 is 5.97. The van der Waals surface area contributed by atoms with Gasteiger partial charge in [0.2, 0.25) is 0 Å². The van der Waals surface area contributed by atoms with Gasteiger partial charge >= 0.3 is 0 Å². The molecule has 0 bridgehead atoms. The SMILES string of the molecule is Clc1cnccc1CNC1CCC1. The van der Waals surface area contributed by atoms with Gasteiger partial charge < -0.3 is 5.32 Å². The summed E-state index contributed by atoms with van der Waals surface area (Å²) in [4.78, 5) is 3.95. The van der Waals surface area contributed by atoms with E-state index in [1.54, 1.807) is 12.4 Å². The van der Waals surface area contributed by atoms with Crippen molar-refractivity contribution in [2.24, 2.45) is 0 Å². The van der Waals surface area contributed by atoms with Crippen molar-refractivity contribution < 1.29 is 0 Å². The highest BCUT2D eigenvalue weighted by Gasteiger charge is 2.16. The molecule has 0 unspecified atom stereocenters. The zero-order valence-electron chi connectivity index (χ0n) is 7.46. The molecule has 3 heteroatoms. The van der Waals surface area contributed by atoms with E-state index >= 15 is 0 Å². The fraction of sp³-hybridized carbons (Fsp3) is 0.500. The van der Waals surface area contributed by atoms with Crippen molar-refractivity contribution in [3.63, 3.8) is 0 Å². The standard InChI is InChI=1S/C10H13ClN2/c11-10-7-12-5-4-8(10)6-13-9-2-1-3-9/h4-5,7,9,13H,1-3,6H2. The number of rotatable bonds is 3. The third-order valence-corrected chi connectivity index (χ3v) is 2.88. The zero-order chi connectivity index (χ0) is 9.10. The van der Waals surface area contributed by atoms with E-state index in [4.69, 9.17) is 11.6 Å².